The van der Waals surface area contributed by atoms with Crippen LogP contribution in [0.5, 0.6) is 0 Å². The number of halogens is 2. The molecule has 2 aromatic rings. The molecule has 1 aromatic carbocycles. The number of rotatable bonds is 5. The molecule has 1 heterocycles. The number of carbonyl (C=O) groups is 1. The fraction of sp³-hybridized carbons (Fsp3) is 0.214. The number of amides is 1. The van der Waals surface area contributed by atoms with Gasteiger partial charge in [-0.2, -0.15) is 0 Å². The van der Waals surface area contributed by atoms with E-state index in [1.165, 1.54) is 11.8 Å². The largest absolute Gasteiger partial charge is 0.467 e. The molecule has 1 atom stereocenters. The first kappa shape index (κ1) is 15.3. The van der Waals surface area contributed by atoms with Crippen molar-refractivity contribution in [3.8, 4) is 0 Å². The van der Waals surface area contributed by atoms with Crippen LogP contribution in [-0.4, -0.2) is 11.7 Å². The minimum atomic E-state index is -0.159. The molecule has 0 radical (unpaired) electrons. The number of carbonyl (C=O) groups excluding carboxylic acids is 1. The highest BCUT2D eigenvalue weighted by molar-refractivity contribution is 8.00. The average Bonchev–Trinajstić information content (AvgIpc) is 2.94. The standard InChI is InChI=1S/C14H13Cl2NO2S/c1-9(12-3-2-6-19-12)17-14(18)8-20-13-7-10(15)4-5-11(13)16/h2-7,9H,8H2,1H3,(H,17,18)/t9-/m1/s1. The van der Waals surface area contributed by atoms with Gasteiger partial charge in [0.2, 0.25) is 5.91 Å². The summed E-state index contributed by atoms with van der Waals surface area (Å²) in [5, 5.41) is 4.04. The van der Waals surface area contributed by atoms with Gasteiger partial charge in [0, 0.05) is 9.92 Å². The molecule has 0 spiro atoms. The van der Waals surface area contributed by atoms with E-state index in [1.54, 1.807) is 30.5 Å². The predicted molar refractivity (Wildman–Crippen MR) is 82.5 cm³/mol. The van der Waals surface area contributed by atoms with Gasteiger partial charge in [-0.05, 0) is 37.3 Å². The molecular formula is C14H13Cl2NO2S. The molecule has 3 nitrogen and oxygen atoms in total. The molecule has 0 aliphatic rings. The number of hydrogen-bond donors (Lipinski definition) is 1. The topological polar surface area (TPSA) is 42.2 Å². The summed E-state index contributed by atoms with van der Waals surface area (Å²) in [7, 11) is 0. The Bertz CT molecular complexity index is 587. The molecule has 1 N–H and O–H groups in total. The molecule has 1 amide bonds. The van der Waals surface area contributed by atoms with E-state index in [9.17, 15) is 4.79 Å². The Morgan fingerprint density at radius 2 is 2.20 bits per heavy atom. The lowest BCUT2D eigenvalue weighted by Crippen LogP contribution is -2.27. The predicted octanol–water partition coefficient (Wildman–Crippen LogP) is 4.56. The summed E-state index contributed by atoms with van der Waals surface area (Å²) < 4.78 is 5.23. The minimum absolute atomic E-state index is 0.0880. The third kappa shape index (κ3) is 4.20. The Hall–Kier alpha value is -1.10. The summed E-state index contributed by atoms with van der Waals surface area (Å²) in [6.45, 7) is 1.87. The zero-order valence-electron chi connectivity index (χ0n) is 10.7. The maximum absolute atomic E-state index is 11.9. The molecule has 1 aromatic heterocycles. The van der Waals surface area contributed by atoms with E-state index < -0.39 is 0 Å². The molecule has 0 unspecified atom stereocenters. The Labute approximate surface area is 131 Å². The van der Waals surface area contributed by atoms with Gasteiger partial charge in [0.05, 0.1) is 23.1 Å². The van der Waals surface area contributed by atoms with Crippen molar-refractivity contribution in [1.29, 1.82) is 0 Å². The Morgan fingerprint density at radius 1 is 1.40 bits per heavy atom. The van der Waals surface area contributed by atoms with Crippen molar-refractivity contribution < 1.29 is 9.21 Å². The summed E-state index contributed by atoms with van der Waals surface area (Å²) in [5.74, 6) is 0.907. The first-order chi connectivity index (χ1) is 9.56. The molecule has 0 fully saturated rings. The fourth-order valence-corrected chi connectivity index (χ4v) is 2.93. The molecule has 0 saturated heterocycles. The van der Waals surface area contributed by atoms with E-state index in [-0.39, 0.29) is 17.7 Å². The lowest BCUT2D eigenvalue weighted by molar-refractivity contribution is -0.119. The summed E-state index contributed by atoms with van der Waals surface area (Å²) in [6, 6.07) is 8.64. The highest BCUT2D eigenvalue weighted by Crippen LogP contribution is 2.29. The van der Waals surface area contributed by atoms with Crippen LogP contribution in [0.4, 0.5) is 0 Å². The summed E-state index contributed by atoms with van der Waals surface area (Å²) >= 11 is 13.3. The quantitative estimate of drug-likeness (QED) is 0.818. The van der Waals surface area contributed by atoms with Gasteiger partial charge in [0.25, 0.3) is 0 Å². The van der Waals surface area contributed by atoms with Gasteiger partial charge in [-0.3, -0.25) is 4.79 Å². The van der Waals surface area contributed by atoms with Gasteiger partial charge >= 0.3 is 0 Å². The summed E-state index contributed by atoms with van der Waals surface area (Å²) in [4.78, 5) is 12.7. The van der Waals surface area contributed by atoms with Crippen LogP contribution in [0.25, 0.3) is 0 Å². The fourth-order valence-electron chi connectivity index (χ4n) is 1.62. The van der Waals surface area contributed by atoms with Crippen molar-refractivity contribution in [3.63, 3.8) is 0 Å². The normalized spacial score (nSPS) is 12.2. The van der Waals surface area contributed by atoms with E-state index in [0.29, 0.717) is 10.0 Å². The van der Waals surface area contributed by atoms with Crippen molar-refractivity contribution in [2.24, 2.45) is 0 Å². The SMILES string of the molecule is C[C@@H](NC(=O)CSc1cc(Cl)ccc1Cl)c1ccco1. The molecule has 0 aliphatic carbocycles. The van der Waals surface area contributed by atoms with Crippen molar-refractivity contribution in [2.75, 3.05) is 5.75 Å². The Morgan fingerprint density at radius 3 is 2.90 bits per heavy atom. The number of furan rings is 1. The Kier molecular flexibility index (Phi) is 5.40. The molecule has 6 heteroatoms. The van der Waals surface area contributed by atoms with Crippen LogP contribution in [0, 0.1) is 0 Å². The number of thioether (sulfide) groups is 1. The van der Waals surface area contributed by atoms with Crippen LogP contribution in [0.15, 0.2) is 45.9 Å². The van der Waals surface area contributed by atoms with Crippen molar-refractivity contribution in [1.82, 2.24) is 5.32 Å². The van der Waals surface area contributed by atoms with Crippen molar-refractivity contribution in [2.45, 2.75) is 17.9 Å². The molecule has 106 valence electrons. The van der Waals surface area contributed by atoms with Gasteiger partial charge in [0.1, 0.15) is 5.76 Å². The van der Waals surface area contributed by atoms with Gasteiger partial charge < -0.3 is 9.73 Å². The van der Waals surface area contributed by atoms with E-state index in [2.05, 4.69) is 5.32 Å². The van der Waals surface area contributed by atoms with Crippen molar-refractivity contribution >= 4 is 40.9 Å². The monoisotopic (exact) mass is 329 g/mol. The summed E-state index contributed by atoms with van der Waals surface area (Å²) in [6.07, 6.45) is 1.58. The van der Waals surface area contributed by atoms with Gasteiger partial charge in [-0.15, -0.1) is 11.8 Å². The number of hydrogen-bond acceptors (Lipinski definition) is 3. The molecule has 0 saturated carbocycles. The highest BCUT2D eigenvalue weighted by Gasteiger charge is 2.12. The second kappa shape index (κ2) is 7.07. The lowest BCUT2D eigenvalue weighted by Gasteiger charge is -2.11. The molecule has 20 heavy (non-hydrogen) atoms. The zero-order valence-corrected chi connectivity index (χ0v) is 13.1. The van der Waals surface area contributed by atoms with Crippen LogP contribution in [0.1, 0.15) is 18.7 Å². The van der Waals surface area contributed by atoms with Crippen molar-refractivity contribution in [3.05, 3.63) is 52.4 Å². The van der Waals surface area contributed by atoms with E-state index in [4.69, 9.17) is 27.6 Å². The average molecular weight is 330 g/mol. The first-order valence-corrected chi connectivity index (χ1v) is 7.71. The van der Waals surface area contributed by atoms with Crippen LogP contribution in [0.3, 0.4) is 0 Å². The van der Waals surface area contributed by atoms with E-state index in [1.807, 2.05) is 13.0 Å². The second-order valence-electron chi connectivity index (χ2n) is 4.17. The van der Waals surface area contributed by atoms with Gasteiger partial charge in [0.15, 0.2) is 0 Å². The van der Waals surface area contributed by atoms with E-state index in [0.717, 1.165) is 10.7 Å². The second-order valence-corrected chi connectivity index (χ2v) is 6.03. The molecular weight excluding hydrogens is 317 g/mol. The van der Waals surface area contributed by atoms with Gasteiger partial charge in [-0.1, -0.05) is 23.2 Å². The minimum Gasteiger partial charge on any atom is -0.467 e. The maximum Gasteiger partial charge on any atom is 0.230 e. The Balaban J connectivity index is 1.87. The maximum atomic E-state index is 11.9. The van der Waals surface area contributed by atoms with Crippen LogP contribution in [0.2, 0.25) is 10.0 Å². The summed E-state index contributed by atoms with van der Waals surface area (Å²) in [5.41, 5.74) is 0. The third-order valence-corrected chi connectivity index (χ3v) is 4.33. The van der Waals surface area contributed by atoms with E-state index >= 15 is 0 Å². The number of benzene rings is 1. The molecule has 0 bridgehead atoms. The number of nitrogens with one attached hydrogen (secondary N) is 1. The van der Waals surface area contributed by atoms with Crippen LogP contribution in [-0.2, 0) is 4.79 Å². The smallest absolute Gasteiger partial charge is 0.230 e. The zero-order chi connectivity index (χ0) is 14.5. The molecule has 0 aliphatic heterocycles. The van der Waals surface area contributed by atoms with Crippen LogP contribution >= 0.6 is 35.0 Å². The highest BCUT2D eigenvalue weighted by atomic mass is 35.5. The third-order valence-electron chi connectivity index (χ3n) is 2.60. The molecule has 2 rings (SSSR count). The first-order valence-electron chi connectivity index (χ1n) is 5.97. The van der Waals surface area contributed by atoms with Gasteiger partial charge in [-0.25, -0.2) is 0 Å². The lowest BCUT2D eigenvalue weighted by atomic mass is 10.2. The van der Waals surface area contributed by atoms with Crippen LogP contribution < -0.4 is 5.32 Å².